The molecular weight excluding hydrogens is 478 g/mol. The Morgan fingerprint density at radius 1 is 1.05 bits per heavy atom. The summed E-state index contributed by atoms with van der Waals surface area (Å²) in [5, 5.41) is 12.1. The molecule has 2 N–H and O–H groups in total. The number of ether oxygens (including phenoxy) is 1. The maximum absolute atomic E-state index is 13.7. The van der Waals surface area contributed by atoms with Crippen LogP contribution in [-0.4, -0.2) is 46.6 Å². The molecule has 1 aliphatic rings. The lowest BCUT2D eigenvalue weighted by Gasteiger charge is -2.45. The highest BCUT2D eigenvalue weighted by Gasteiger charge is 2.62. The van der Waals surface area contributed by atoms with Gasteiger partial charge in [-0.1, -0.05) is 49.7 Å². The number of urea groups is 1. The van der Waals surface area contributed by atoms with Crippen molar-refractivity contribution in [2.75, 3.05) is 13.2 Å². The number of halogens is 2. The molecule has 0 saturated heterocycles. The summed E-state index contributed by atoms with van der Waals surface area (Å²) in [7, 11) is 0. The van der Waals surface area contributed by atoms with Crippen LogP contribution >= 0.6 is 0 Å². The second kappa shape index (κ2) is 12.4. The van der Waals surface area contributed by atoms with Gasteiger partial charge in [0.2, 0.25) is 0 Å². The molecule has 0 spiro atoms. The van der Waals surface area contributed by atoms with Crippen molar-refractivity contribution in [1.29, 1.82) is 0 Å². The van der Waals surface area contributed by atoms with Crippen molar-refractivity contribution in [2.45, 2.75) is 83.2 Å². The summed E-state index contributed by atoms with van der Waals surface area (Å²) in [4.78, 5) is 26.9. The van der Waals surface area contributed by atoms with E-state index < -0.39 is 42.3 Å². The van der Waals surface area contributed by atoms with E-state index in [4.69, 9.17) is 4.74 Å². The summed E-state index contributed by atoms with van der Waals surface area (Å²) in [5.74, 6) is -3.83. The zero-order valence-electron chi connectivity index (χ0n) is 21.9. The second-order valence-electron chi connectivity index (χ2n) is 9.93. The molecular formula is C29H38F2N2O4. The summed E-state index contributed by atoms with van der Waals surface area (Å²) in [6.45, 7) is 6.72. The van der Waals surface area contributed by atoms with Gasteiger partial charge in [0.1, 0.15) is 5.75 Å². The summed E-state index contributed by atoms with van der Waals surface area (Å²) in [6, 6.07) is 14.9. The molecule has 1 aliphatic carbocycles. The first-order chi connectivity index (χ1) is 17.6. The minimum atomic E-state index is -3.10. The Hall–Kier alpha value is -3.16. The lowest BCUT2D eigenvalue weighted by atomic mass is 9.73. The number of hydrogen-bond donors (Lipinski definition) is 2. The highest BCUT2D eigenvalue weighted by Crippen LogP contribution is 2.46. The quantitative estimate of drug-likeness (QED) is 0.303. The monoisotopic (exact) mass is 516 g/mol. The largest absolute Gasteiger partial charge is 0.494 e. The van der Waals surface area contributed by atoms with Gasteiger partial charge in [-0.15, -0.1) is 0 Å². The van der Waals surface area contributed by atoms with Crippen LogP contribution in [0.25, 0.3) is 0 Å². The Balaban J connectivity index is 1.81. The lowest BCUT2D eigenvalue weighted by Crippen LogP contribution is -2.68. The summed E-state index contributed by atoms with van der Waals surface area (Å²) in [5.41, 5.74) is 1.18. The van der Waals surface area contributed by atoms with Crippen molar-refractivity contribution in [2.24, 2.45) is 0 Å². The number of benzene rings is 2. The van der Waals surface area contributed by atoms with Crippen LogP contribution in [0.15, 0.2) is 48.5 Å². The first-order valence-electron chi connectivity index (χ1n) is 13.1. The smallest absolute Gasteiger partial charge is 0.329 e. The van der Waals surface area contributed by atoms with E-state index in [1.165, 1.54) is 5.56 Å². The molecule has 2 aromatic rings. The van der Waals surface area contributed by atoms with Gasteiger partial charge in [0.25, 0.3) is 5.92 Å². The topological polar surface area (TPSA) is 78.9 Å². The van der Waals surface area contributed by atoms with Gasteiger partial charge in [-0.05, 0) is 68.4 Å². The average Bonchev–Trinajstić information content (AvgIpc) is 2.83. The van der Waals surface area contributed by atoms with Gasteiger partial charge >= 0.3 is 12.0 Å². The van der Waals surface area contributed by atoms with Crippen LogP contribution in [0.4, 0.5) is 13.6 Å². The number of nitrogens with zero attached hydrogens (tertiary/aromatic N) is 1. The predicted octanol–water partition coefficient (Wildman–Crippen LogP) is 6.39. The molecule has 1 atom stereocenters. The van der Waals surface area contributed by atoms with Crippen molar-refractivity contribution in [3.05, 3.63) is 65.2 Å². The molecule has 202 valence electrons. The number of alkyl halides is 2. The average molecular weight is 517 g/mol. The van der Waals surface area contributed by atoms with Gasteiger partial charge in [0.15, 0.2) is 5.54 Å². The highest BCUT2D eigenvalue weighted by molar-refractivity contribution is 5.88. The summed E-state index contributed by atoms with van der Waals surface area (Å²) >= 11 is 0. The predicted molar refractivity (Wildman–Crippen MR) is 139 cm³/mol. The SMILES string of the molecule is CCCc1cc(OCC)cc(C(C)N(CCCCc2ccccc2)C(=O)NC2(C(=O)O)CC(F)(F)C2)c1. The molecule has 1 fully saturated rings. The van der Waals surface area contributed by atoms with E-state index in [2.05, 4.69) is 24.4 Å². The molecule has 0 radical (unpaired) electrons. The van der Waals surface area contributed by atoms with E-state index in [-0.39, 0.29) is 0 Å². The Labute approximate surface area is 218 Å². The van der Waals surface area contributed by atoms with Crippen molar-refractivity contribution < 1.29 is 28.2 Å². The molecule has 0 bridgehead atoms. The number of amides is 2. The molecule has 1 saturated carbocycles. The standard InChI is InChI=1S/C29H38F2N2O4/c1-4-11-23-16-24(18-25(17-23)37-5-2)21(3)33(15-10-9-14-22-12-7-6-8-13-22)27(36)32-28(26(34)35)19-29(30,31)20-28/h6-8,12-13,16-18,21H,4-5,9-11,14-15,19-20H2,1-3H3,(H,32,36)(H,34,35). The number of unbranched alkanes of at least 4 members (excludes halogenated alkanes) is 1. The van der Waals surface area contributed by atoms with Crippen LogP contribution in [-0.2, 0) is 17.6 Å². The molecule has 0 aromatic heterocycles. The van der Waals surface area contributed by atoms with E-state index in [0.29, 0.717) is 25.3 Å². The Kier molecular flexibility index (Phi) is 9.51. The number of carbonyl (C=O) groups excluding carboxylic acids is 1. The number of rotatable bonds is 13. The zero-order valence-corrected chi connectivity index (χ0v) is 21.9. The fourth-order valence-corrected chi connectivity index (χ4v) is 4.92. The van der Waals surface area contributed by atoms with E-state index >= 15 is 0 Å². The lowest BCUT2D eigenvalue weighted by molar-refractivity contribution is -0.175. The maximum atomic E-state index is 13.7. The van der Waals surface area contributed by atoms with Crippen LogP contribution in [0.2, 0.25) is 0 Å². The molecule has 0 heterocycles. The van der Waals surface area contributed by atoms with Gasteiger partial charge in [-0.2, -0.15) is 0 Å². The van der Waals surface area contributed by atoms with Crippen LogP contribution in [0.1, 0.15) is 75.6 Å². The third-order valence-electron chi connectivity index (χ3n) is 6.88. The van der Waals surface area contributed by atoms with Crippen LogP contribution in [0.5, 0.6) is 5.75 Å². The molecule has 3 rings (SSSR count). The third kappa shape index (κ3) is 7.43. The van der Waals surface area contributed by atoms with E-state index in [9.17, 15) is 23.5 Å². The Bertz CT molecular complexity index is 1030. The molecule has 8 heteroatoms. The number of aliphatic carboxylic acids is 1. The molecule has 6 nitrogen and oxygen atoms in total. The Morgan fingerprint density at radius 2 is 1.76 bits per heavy atom. The van der Waals surface area contributed by atoms with Gasteiger partial charge in [0, 0.05) is 19.4 Å². The minimum Gasteiger partial charge on any atom is -0.494 e. The summed E-state index contributed by atoms with van der Waals surface area (Å²) in [6.07, 6.45) is 2.33. The van der Waals surface area contributed by atoms with Crippen molar-refractivity contribution >= 4 is 12.0 Å². The summed E-state index contributed by atoms with van der Waals surface area (Å²) < 4.78 is 33.1. The maximum Gasteiger partial charge on any atom is 0.329 e. The second-order valence-corrected chi connectivity index (χ2v) is 9.93. The molecule has 0 aliphatic heterocycles. The number of carboxylic acid groups (broad SMARTS) is 1. The van der Waals surface area contributed by atoms with Crippen LogP contribution in [0.3, 0.4) is 0 Å². The van der Waals surface area contributed by atoms with Gasteiger partial charge in [-0.25, -0.2) is 18.4 Å². The molecule has 2 aromatic carbocycles. The third-order valence-corrected chi connectivity index (χ3v) is 6.88. The fraction of sp³-hybridized carbons (Fsp3) is 0.517. The van der Waals surface area contributed by atoms with Gasteiger partial charge < -0.3 is 20.1 Å². The number of aryl methyl sites for hydroxylation is 2. The normalized spacial score (nSPS) is 16.4. The van der Waals surface area contributed by atoms with Gasteiger partial charge in [-0.3, -0.25) is 0 Å². The highest BCUT2D eigenvalue weighted by atomic mass is 19.3. The first-order valence-corrected chi connectivity index (χ1v) is 13.1. The number of carbonyl (C=O) groups is 2. The molecule has 2 amide bonds. The zero-order chi connectivity index (χ0) is 27.1. The number of hydrogen-bond acceptors (Lipinski definition) is 3. The Morgan fingerprint density at radius 3 is 2.35 bits per heavy atom. The molecule has 1 unspecified atom stereocenters. The van der Waals surface area contributed by atoms with E-state index in [0.717, 1.165) is 36.8 Å². The molecule has 37 heavy (non-hydrogen) atoms. The van der Waals surface area contributed by atoms with Crippen molar-refractivity contribution in [3.63, 3.8) is 0 Å². The van der Waals surface area contributed by atoms with E-state index in [1.54, 1.807) is 4.90 Å². The van der Waals surface area contributed by atoms with E-state index in [1.807, 2.05) is 50.2 Å². The number of carboxylic acids is 1. The van der Waals surface area contributed by atoms with Crippen LogP contribution in [0, 0.1) is 0 Å². The first kappa shape index (κ1) is 28.4. The van der Waals surface area contributed by atoms with Gasteiger partial charge in [0.05, 0.1) is 12.6 Å². The van der Waals surface area contributed by atoms with Crippen molar-refractivity contribution in [1.82, 2.24) is 10.2 Å². The number of nitrogens with one attached hydrogen (secondary N) is 1. The fourth-order valence-electron chi connectivity index (χ4n) is 4.92. The van der Waals surface area contributed by atoms with Crippen molar-refractivity contribution in [3.8, 4) is 5.75 Å². The minimum absolute atomic E-state index is 0.355. The van der Waals surface area contributed by atoms with Crippen LogP contribution < -0.4 is 10.1 Å².